The highest BCUT2D eigenvalue weighted by molar-refractivity contribution is 8.13. The number of aliphatic carboxylic acids is 1. The number of hydrogen-bond acceptors (Lipinski definition) is 4. The van der Waals surface area contributed by atoms with Crippen LogP contribution < -0.4 is 0 Å². The lowest BCUT2D eigenvalue weighted by molar-refractivity contribution is -0.148. The van der Waals surface area contributed by atoms with Crippen molar-refractivity contribution in [3.8, 4) is 0 Å². The third-order valence-corrected chi connectivity index (χ3v) is 4.74. The Bertz CT molecular complexity index is 561. The number of nitrogens with zero attached hydrogens (tertiary/aromatic N) is 1. The van der Waals surface area contributed by atoms with E-state index in [2.05, 4.69) is 0 Å². The van der Waals surface area contributed by atoms with Gasteiger partial charge < -0.3 is 10.0 Å². The molecular formula is C16H19NO4S. The first kappa shape index (κ1) is 16.5. The predicted octanol–water partition coefficient (Wildman–Crippen LogP) is 1.81. The fourth-order valence-electron chi connectivity index (χ4n) is 2.62. The fourth-order valence-corrected chi connectivity index (χ4v) is 3.32. The van der Waals surface area contributed by atoms with E-state index in [0.29, 0.717) is 25.1 Å². The Hall–Kier alpha value is -1.82. The van der Waals surface area contributed by atoms with Crippen molar-refractivity contribution >= 4 is 28.8 Å². The van der Waals surface area contributed by atoms with Crippen molar-refractivity contribution in [3.05, 3.63) is 35.9 Å². The van der Waals surface area contributed by atoms with E-state index in [1.54, 1.807) is 0 Å². The maximum atomic E-state index is 12.1. The molecule has 1 amide bonds. The summed E-state index contributed by atoms with van der Waals surface area (Å²) in [5.41, 5.74) is 0.893. The van der Waals surface area contributed by atoms with Crippen molar-refractivity contribution < 1.29 is 19.5 Å². The van der Waals surface area contributed by atoms with E-state index >= 15 is 0 Å². The zero-order chi connectivity index (χ0) is 16.1. The van der Waals surface area contributed by atoms with Crippen molar-refractivity contribution in [2.75, 3.05) is 12.3 Å². The summed E-state index contributed by atoms with van der Waals surface area (Å²) < 4.78 is 0. The second-order valence-electron chi connectivity index (χ2n) is 5.46. The third-order valence-electron chi connectivity index (χ3n) is 3.69. The van der Waals surface area contributed by atoms with Crippen molar-refractivity contribution in [1.29, 1.82) is 0 Å². The third kappa shape index (κ3) is 4.34. The summed E-state index contributed by atoms with van der Waals surface area (Å²) in [6.07, 6.45) is 0.618. The zero-order valence-corrected chi connectivity index (χ0v) is 13.2. The molecule has 1 aromatic carbocycles. The topological polar surface area (TPSA) is 74.7 Å². The molecule has 0 spiro atoms. The molecule has 1 unspecified atom stereocenters. The minimum absolute atomic E-state index is 0.0185. The highest BCUT2D eigenvalue weighted by Crippen LogP contribution is 2.25. The summed E-state index contributed by atoms with van der Waals surface area (Å²) in [6, 6.07) is 8.45. The number of rotatable bonds is 6. The van der Waals surface area contributed by atoms with E-state index in [-0.39, 0.29) is 16.9 Å². The van der Waals surface area contributed by atoms with Crippen LogP contribution >= 0.6 is 11.8 Å². The summed E-state index contributed by atoms with van der Waals surface area (Å²) in [5.74, 6) is -0.525. The Morgan fingerprint density at radius 3 is 2.64 bits per heavy atom. The van der Waals surface area contributed by atoms with Crippen molar-refractivity contribution in [3.63, 3.8) is 0 Å². The van der Waals surface area contributed by atoms with Crippen LogP contribution in [0.25, 0.3) is 0 Å². The van der Waals surface area contributed by atoms with Crippen LogP contribution in [0.1, 0.15) is 18.9 Å². The van der Waals surface area contributed by atoms with Gasteiger partial charge in [-0.1, -0.05) is 42.1 Å². The Labute approximate surface area is 133 Å². The molecule has 1 aliphatic heterocycles. The van der Waals surface area contributed by atoms with Gasteiger partial charge in [-0.2, -0.15) is 0 Å². The van der Waals surface area contributed by atoms with Gasteiger partial charge in [0, 0.05) is 32.1 Å². The van der Waals surface area contributed by atoms with Crippen LogP contribution in [0.2, 0.25) is 0 Å². The fraction of sp³-hybridized carbons (Fsp3) is 0.438. The lowest BCUT2D eigenvalue weighted by atomic mass is 10.0. The normalized spacial score (nSPS) is 19.2. The molecular weight excluding hydrogens is 302 g/mol. The summed E-state index contributed by atoms with van der Waals surface area (Å²) in [7, 11) is 0. The predicted molar refractivity (Wildman–Crippen MR) is 84.5 cm³/mol. The molecule has 1 aliphatic rings. The van der Waals surface area contributed by atoms with Gasteiger partial charge >= 0.3 is 5.97 Å². The first-order valence-corrected chi connectivity index (χ1v) is 8.15. The second kappa shape index (κ2) is 7.45. The molecule has 22 heavy (non-hydrogen) atoms. The molecule has 1 heterocycles. The van der Waals surface area contributed by atoms with E-state index < -0.39 is 12.0 Å². The molecule has 2 rings (SSSR count). The Morgan fingerprint density at radius 2 is 2.05 bits per heavy atom. The van der Waals surface area contributed by atoms with Crippen LogP contribution in [0.5, 0.6) is 0 Å². The van der Waals surface area contributed by atoms with Crippen molar-refractivity contribution in [2.45, 2.75) is 25.8 Å². The molecule has 1 saturated heterocycles. The highest BCUT2D eigenvalue weighted by atomic mass is 32.2. The van der Waals surface area contributed by atoms with Crippen LogP contribution in [-0.2, 0) is 20.8 Å². The number of likely N-dealkylation sites (tertiary alicyclic amines) is 1. The van der Waals surface area contributed by atoms with Gasteiger partial charge in [-0.25, -0.2) is 4.79 Å². The van der Waals surface area contributed by atoms with Gasteiger partial charge in [0.05, 0.1) is 0 Å². The number of thioether (sulfide) groups is 1. The molecule has 0 bridgehead atoms. The Balaban J connectivity index is 2.04. The molecule has 0 radical (unpaired) electrons. The number of hydrogen-bond donors (Lipinski definition) is 1. The summed E-state index contributed by atoms with van der Waals surface area (Å²) in [5, 5.41) is 9.48. The smallest absolute Gasteiger partial charge is 0.326 e. The minimum atomic E-state index is -0.989. The SMILES string of the molecule is CC(=O)SCC1CC(=O)N([C@@H](Cc2ccccc2)C(=O)O)C1. The zero-order valence-electron chi connectivity index (χ0n) is 12.4. The Morgan fingerprint density at radius 1 is 1.36 bits per heavy atom. The number of carboxylic acid groups (broad SMARTS) is 1. The van der Waals surface area contributed by atoms with Crippen LogP contribution in [0, 0.1) is 5.92 Å². The molecule has 1 fully saturated rings. The average Bonchev–Trinajstić information content (AvgIpc) is 2.84. The molecule has 0 saturated carbocycles. The number of amides is 1. The van der Waals surface area contributed by atoms with Crippen molar-refractivity contribution in [1.82, 2.24) is 4.90 Å². The van der Waals surface area contributed by atoms with Crippen molar-refractivity contribution in [2.24, 2.45) is 5.92 Å². The quantitative estimate of drug-likeness (QED) is 0.865. The van der Waals surface area contributed by atoms with Crippen LogP contribution in [-0.4, -0.2) is 45.3 Å². The molecule has 1 N–H and O–H groups in total. The lowest BCUT2D eigenvalue weighted by Gasteiger charge is -2.24. The average molecular weight is 321 g/mol. The van der Waals surface area contributed by atoms with Gasteiger partial charge in [-0.15, -0.1) is 0 Å². The van der Waals surface area contributed by atoms with Gasteiger partial charge in [0.1, 0.15) is 6.04 Å². The highest BCUT2D eigenvalue weighted by Gasteiger charge is 2.37. The molecule has 0 aliphatic carbocycles. The van der Waals surface area contributed by atoms with Crippen LogP contribution in [0.4, 0.5) is 0 Å². The largest absolute Gasteiger partial charge is 0.480 e. The van der Waals surface area contributed by atoms with E-state index in [1.165, 1.54) is 23.6 Å². The van der Waals surface area contributed by atoms with Crippen LogP contribution in [0.3, 0.4) is 0 Å². The van der Waals surface area contributed by atoms with E-state index in [4.69, 9.17) is 0 Å². The van der Waals surface area contributed by atoms with Gasteiger partial charge in [-0.05, 0) is 11.5 Å². The summed E-state index contributed by atoms with van der Waals surface area (Å²) >= 11 is 1.19. The summed E-state index contributed by atoms with van der Waals surface area (Å²) in [6.45, 7) is 1.90. The van der Waals surface area contributed by atoms with E-state index in [9.17, 15) is 19.5 Å². The lowest BCUT2D eigenvalue weighted by Crippen LogP contribution is -2.43. The molecule has 118 valence electrons. The molecule has 1 aromatic rings. The maximum absolute atomic E-state index is 12.1. The molecule has 6 heteroatoms. The number of carboxylic acids is 1. The first-order chi connectivity index (χ1) is 10.5. The first-order valence-electron chi connectivity index (χ1n) is 7.17. The molecule has 5 nitrogen and oxygen atoms in total. The standard InChI is InChI=1S/C16H19NO4S/c1-11(18)22-10-13-8-15(19)17(9-13)14(16(20)21)7-12-5-3-2-4-6-12/h2-6,13-14H,7-10H2,1H3,(H,20,21)/t13?,14-/m0/s1. The summed E-state index contributed by atoms with van der Waals surface area (Å²) in [4.78, 5) is 36.2. The van der Waals surface area contributed by atoms with Gasteiger partial charge in [0.25, 0.3) is 0 Å². The van der Waals surface area contributed by atoms with Gasteiger partial charge in [0.2, 0.25) is 5.91 Å². The number of carbonyl (C=O) groups is 3. The number of carbonyl (C=O) groups excluding carboxylic acids is 2. The van der Waals surface area contributed by atoms with Gasteiger partial charge in [-0.3, -0.25) is 9.59 Å². The minimum Gasteiger partial charge on any atom is -0.480 e. The van der Waals surface area contributed by atoms with Crippen LogP contribution in [0.15, 0.2) is 30.3 Å². The number of benzene rings is 1. The molecule has 0 aromatic heterocycles. The Kier molecular flexibility index (Phi) is 5.60. The monoisotopic (exact) mass is 321 g/mol. The van der Waals surface area contributed by atoms with E-state index in [0.717, 1.165) is 5.56 Å². The van der Waals surface area contributed by atoms with Gasteiger partial charge in [0.15, 0.2) is 5.12 Å². The second-order valence-corrected chi connectivity index (χ2v) is 6.66. The molecule has 2 atom stereocenters. The maximum Gasteiger partial charge on any atom is 0.326 e. The van der Waals surface area contributed by atoms with E-state index in [1.807, 2.05) is 30.3 Å².